The molecule has 3 aromatic carbocycles. The van der Waals surface area contributed by atoms with Gasteiger partial charge in [-0.05, 0) is 73.0 Å². The highest BCUT2D eigenvalue weighted by Gasteiger charge is 2.31. The zero-order chi connectivity index (χ0) is 30.3. The summed E-state index contributed by atoms with van der Waals surface area (Å²) in [7, 11) is 1.30. The second-order valence-corrected chi connectivity index (χ2v) is 10.4. The van der Waals surface area contributed by atoms with E-state index in [1.165, 1.54) is 29.2 Å². The Hall–Kier alpha value is -5.14. The number of esters is 1. The minimum absolute atomic E-state index is 0.228. The third-order valence-electron chi connectivity index (χ3n) is 6.65. The zero-order valence-electron chi connectivity index (χ0n) is 23.9. The monoisotopic (exact) mass is 595 g/mol. The van der Waals surface area contributed by atoms with Gasteiger partial charge in [0.1, 0.15) is 12.4 Å². The molecule has 218 valence electrons. The van der Waals surface area contributed by atoms with Gasteiger partial charge in [-0.2, -0.15) is 5.26 Å². The van der Waals surface area contributed by atoms with Crippen LogP contribution in [0.3, 0.4) is 0 Å². The number of thiazole rings is 1. The summed E-state index contributed by atoms with van der Waals surface area (Å²) in [4.78, 5) is 31.6. The quantitative estimate of drug-likeness (QED) is 0.252. The number of hydrogen-bond donors (Lipinski definition) is 0. The highest BCUT2D eigenvalue weighted by Crippen LogP contribution is 2.35. The summed E-state index contributed by atoms with van der Waals surface area (Å²) < 4.78 is 24.5. The third kappa shape index (κ3) is 6.37. The van der Waals surface area contributed by atoms with Crippen molar-refractivity contribution in [3.05, 3.63) is 120 Å². The molecule has 1 aliphatic heterocycles. The van der Waals surface area contributed by atoms with Gasteiger partial charge >= 0.3 is 5.97 Å². The van der Waals surface area contributed by atoms with Gasteiger partial charge in [0.25, 0.3) is 5.56 Å². The number of nitrogens with zero attached hydrogens (tertiary/aromatic N) is 3. The van der Waals surface area contributed by atoms with Gasteiger partial charge < -0.3 is 18.9 Å². The summed E-state index contributed by atoms with van der Waals surface area (Å²) in [6.07, 6.45) is 3.24. The van der Waals surface area contributed by atoms with Crippen LogP contribution in [-0.2, 0) is 16.1 Å². The number of benzene rings is 3. The number of methoxy groups -OCH3 is 1. The minimum Gasteiger partial charge on any atom is -0.490 e. The Labute approximate surface area is 252 Å². The van der Waals surface area contributed by atoms with E-state index in [1.54, 1.807) is 30.3 Å². The van der Waals surface area contributed by atoms with Crippen molar-refractivity contribution in [3.63, 3.8) is 0 Å². The Morgan fingerprint density at radius 2 is 1.79 bits per heavy atom. The Morgan fingerprint density at radius 1 is 1.02 bits per heavy atom. The van der Waals surface area contributed by atoms with E-state index < -0.39 is 12.0 Å². The molecule has 0 unspecified atom stereocenters. The largest absolute Gasteiger partial charge is 0.490 e. The van der Waals surface area contributed by atoms with Crippen molar-refractivity contribution in [2.45, 2.75) is 26.5 Å². The van der Waals surface area contributed by atoms with E-state index in [1.807, 2.05) is 56.3 Å². The standard InChI is InChI=1S/C33H29N3O6S/c1-4-40-27-14-13-24(17-28(27)41-5-2)30-26(32(38)39-3)19-35-33-36(30)31(37)29(43-33)16-23-7-6-8-25(15-23)42-20-22-11-9-21(18-34)10-12-22/h6-17,19,30H,4-5,20H2,1-3H3/b29-16+/t30-/m1/s1. The van der Waals surface area contributed by atoms with Crippen molar-refractivity contribution in [2.75, 3.05) is 20.3 Å². The average Bonchev–Trinajstić information content (AvgIpc) is 3.35. The molecule has 4 aromatic rings. The molecule has 9 nitrogen and oxygen atoms in total. The SMILES string of the molecule is CCOc1ccc([C@@H]2C(C(=O)OC)=CN=c3s/c(=C/c4cccc(OCc5ccc(C#N)cc5)c4)c(=O)n32)cc1OCC. The number of fused-ring (bicyclic) bond motifs is 1. The summed E-state index contributed by atoms with van der Waals surface area (Å²) in [6.45, 7) is 4.97. The average molecular weight is 596 g/mol. The number of hydrogen-bond acceptors (Lipinski definition) is 9. The van der Waals surface area contributed by atoms with Gasteiger partial charge in [-0.25, -0.2) is 9.79 Å². The van der Waals surface area contributed by atoms with Crippen LogP contribution < -0.4 is 29.1 Å². The molecule has 0 fully saturated rings. The predicted molar refractivity (Wildman–Crippen MR) is 162 cm³/mol. The van der Waals surface area contributed by atoms with Crippen LogP contribution in [0.15, 0.2) is 88.3 Å². The Morgan fingerprint density at radius 3 is 2.51 bits per heavy atom. The molecule has 0 bridgehead atoms. The number of carbonyl (C=O) groups is 1. The molecule has 0 saturated heterocycles. The summed E-state index contributed by atoms with van der Waals surface area (Å²) in [6, 6.07) is 21.3. The molecule has 1 aliphatic rings. The van der Waals surface area contributed by atoms with Crippen LogP contribution in [0.1, 0.15) is 42.1 Å². The van der Waals surface area contributed by atoms with Crippen molar-refractivity contribution in [2.24, 2.45) is 4.99 Å². The van der Waals surface area contributed by atoms with Crippen LogP contribution in [0.2, 0.25) is 0 Å². The van der Waals surface area contributed by atoms with Crippen molar-refractivity contribution in [3.8, 4) is 23.3 Å². The second-order valence-electron chi connectivity index (χ2n) is 9.42. The molecule has 1 atom stereocenters. The first kappa shape index (κ1) is 29.4. The summed E-state index contributed by atoms with van der Waals surface area (Å²) in [5.41, 5.74) is 2.88. The number of ether oxygens (including phenoxy) is 4. The lowest BCUT2D eigenvalue weighted by Gasteiger charge is -2.23. The smallest absolute Gasteiger partial charge is 0.337 e. The number of nitriles is 1. The van der Waals surface area contributed by atoms with Gasteiger partial charge in [0.2, 0.25) is 0 Å². The predicted octanol–water partition coefficient (Wildman–Crippen LogP) is 4.27. The van der Waals surface area contributed by atoms with Gasteiger partial charge in [-0.3, -0.25) is 9.36 Å². The minimum atomic E-state index is -0.775. The van der Waals surface area contributed by atoms with Crippen LogP contribution >= 0.6 is 11.3 Å². The first-order valence-corrected chi connectivity index (χ1v) is 14.5. The molecule has 43 heavy (non-hydrogen) atoms. The van der Waals surface area contributed by atoms with Crippen molar-refractivity contribution in [1.29, 1.82) is 5.26 Å². The van der Waals surface area contributed by atoms with Gasteiger partial charge in [-0.15, -0.1) is 0 Å². The first-order valence-electron chi connectivity index (χ1n) is 13.7. The second kappa shape index (κ2) is 13.2. The summed E-state index contributed by atoms with van der Waals surface area (Å²) >= 11 is 1.23. The maximum absolute atomic E-state index is 13.9. The van der Waals surface area contributed by atoms with Gasteiger partial charge in [0.15, 0.2) is 16.3 Å². The first-order chi connectivity index (χ1) is 20.9. The van der Waals surface area contributed by atoms with E-state index in [4.69, 9.17) is 24.2 Å². The summed E-state index contributed by atoms with van der Waals surface area (Å²) in [5.74, 6) is 1.14. The molecule has 0 spiro atoms. The van der Waals surface area contributed by atoms with E-state index >= 15 is 0 Å². The molecule has 0 N–H and O–H groups in total. The van der Waals surface area contributed by atoms with Gasteiger partial charge in [-0.1, -0.05) is 41.7 Å². The number of rotatable bonds is 10. The highest BCUT2D eigenvalue weighted by molar-refractivity contribution is 7.07. The lowest BCUT2D eigenvalue weighted by molar-refractivity contribution is -0.136. The highest BCUT2D eigenvalue weighted by atomic mass is 32.1. The van der Waals surface area contributed by atoms with E-state index in [0.717, 1.165) is 11.1 Å². The van der Waals surface area contributed by atoms with Crippen LogP contribution in [0.4, 0.5) is 0 Å². The fourth-order valence-corrected chi connectivity index (χ4v) is 5.64. The van der Waals surface area contributed by atoms with Gasteiger partial charge in [0.05, 0.1) is 48.1 Å². The Balaban J connectivity index is 1.51. The van der Waals surface area contributed by atoms with Crippen molar-refractivity contribution < 1.29 is 23.7 Å². The Bertz CT molecular complexity index is 1900. The van der Waals surface area contributed by atoms with E-state index in [9.17, 15) is 9.59 Å². The maximum atomic E-state index is 13.9. The van der Waals surface area contributed by atoms with Crippen LogP contribution in [-0.4, -0.2) is 30.9 Å². The maximum Gasteiger partial charge on any atom is 0.337 e. The summed E-state index contributed by atoms with van der Waals surface area (Å²) in [5, 5.41) is 8.99. The molecule has 10 heteroatoms. The lowest BCUT2D eigenvalue weighted by Crippen LogP contribution is -2.39. The van der Waals surface area contributed by atoms with E-state index in [-0.39, 0.29) is 11.1 Å². The third-order valence-corrected chi connectivity index (χ3v) is 7.65. The molecule has 5 rings (SSSR count). The van der Waals surface area contributed by atoms with Gasteiger partial charge in [0, 0.05) is 6.20 Å². The molecule has 1 aromatic heterocycles. The normalized spacial score (nSPS) is 14.1. The molecule has 0 radical (unpaired) electrons. The number of carbonyl (C=O) groups excluding carboxylic acids is 1. The fourth-order valence-electron chi connectivity index (χ4n) is 4.67. The molecular formula is C33H29N3O6S. The van der Waals surface area contributed by atoms with Crippen LogP contribution in [0.25, 0.3) is 6.08 Å². The van der Waals surface area contributed by atoms with Crippen molar-refractivity contribution >= 4 is 23.4 Å². The van der Waals surface area contributed by atoms with E-state index in [2.05, 4.69) is 11.1 Å². The van der Waals surface area contributed by atoms with E-state index in [0.29, 0.717) is 57.5 Å². The molecule has 0 amide bonds. The molecular weight excluding hydrogens is 566 g/mol. The fraction of sp³-hybridized carbons (Fsp3) is 0.212. The Kier molecular flexibility index (Phi) is 9.03. The molecule has 0 saturated carbocycles. The lowest BCUT2D eigenvalue weighted by atomic mass is 9.97. The topological polar surface area (TPSA) is 112 Å². The number of aromatic nitrogens is 1. The molecule has 0 aliphatic carbocycles. The van der Waals surface area contributed by atoms with Crippen molar-refractivity contribution in [1.82, 2.24) is 4.57 Å². The van der Waals surface area contributed by atoms with Crippen LogP contribution in [0, 0.1) is 11.3 Å². The zero-order valence-corrected chi connectivity index (χ0v) is 24.7. The molecule has 2 heterocycles. The van der Waals surface area contributed by atoms with Crippen LogP contribution in [0.5, 0.6) is 17.2 Å².